The fraction of sp³-hybridized carbons (Fsp3) is 0.217. The van der Waals surface area contributed by atoms with Crippen LogP contribution in [0, 0.1) is 0 Å². The fourth-order valence-electron chi connectivity index (χ4n) is 2.76. The average molecular weight is 487 g/mol. The first kappa shape index (κ1) is 24.2. The lowest BCUT2D eigenvalue weighted by molar-refractivity contribution is -0.123. The van der Waals surface area contributed by atoms with Gasteiger partial charge in [-0.3, -0.25) is 9.59 Å². The Labute approximate surface area is 200 Å². The van der Waals surface area contributed by atoms with Crippen LogP contribution in [0.5, 0.6) is 11.5 Å². The number of rotatable bonds is 10. The molecule has 2 N–H and O–H groups in total. The second-order valence-corrected chi connectivity index (χ2v) is 8.11. The van der Waals surface area contributed by atoms with Crippen molar-refractivity contribution in [3.8, 4) is 11.5 Å². The van der Waals surface area contributed by atoms with Gasteiger partial charge in [0.05, 0.1) is 12.1 Å². The summed E-state index contributed by atoms with van der Waals surface area (Å²) in [6.07, 6.45) is 1.68. The van der Waals surface area contributed by atoms with Crippen molar-refractivity contribution < 1.29 is 19.1 Å². The van der Waals surface area contributed by atoms with E-state index in [0.717, 1.165) is 22.5 Å². The molecule has 1 aromatic heterocycles. The van der Waals surface area contributed by atoms with Gasteiger partial charge in [-0.2, -0.15) is 0 Å². The van der Waals surface area contributed by atoms with Gasteiger partial charge in [-0.1, -0.05) is 59.3 Å². The lowest BCUT2D eigenvalue weighted by Crippen LogP contribution is -2.28. The third-order valence-corrected chi connectivity index (χ3v) is 5.69. The second kappa shape index (κ2) is 12.0. The molecule has 0 atom stereocenters. The molecule has 8 nitrogen and oxygen atoms in total. The summed E-state index contributed by atoms with van der Waals surface area (Å²) in [6.45, 7) is 2.65. The molecule has 0 saturated heterocycles. The SMILES string of the molecule is CCNC(=O)COc1ccc(/C=C(\Cl)c2nnc(C(=O)NCc3ccccc3)s2)cc1OC. The van der Waals surface area contributed by atoms with Gasteiger partial charge < -0.3 is 20.1 Å². The smallest absolute Gasteiger partial charge is 0.282 e. The highest BCUT2D eigenvalue weighted by atomic mass is 35.5. The standard InChI is InChI=1S/C23H23ClN4O4S/c1-3-25-20(29)14-32-18-10-9-16(12-19(18)31-2)11-17(24)22-27-28-23(33-22)21(30)26-13-15-7-5-4-6-8-15/h4-12H,3,13-14H2,1-2H3,(H,25,29)(H,26,30)/b17-11-. The van der Waals surface area contributed by atoms with Crippen LogP contribution in [0.1, 0.15) is 32.9 Å². The Bertz CT molecular complexity index is 1130. The normalized spacial score (nSPS) is 11.1. The lowest BCUT2D eigenvalue weighted by Gasteiger charge is -2.11. The lowest BCUT2D eigenvalue weighted by atomic mass is 10.2. The van der Waals surface area contributed by atoms with Gasteiger partial charge >= 0.3 is 0 Å². The molecule has 0 aliphatic heterocycles. The van der Waals surface area contributed by atoms with Gasteiger partial charge in [-0.25, -0.2) is 0 Å². The van der Waals surface area contributed by atoms with Crippen LogP contribution in [0.3, 0.4) is 0 Å². The third kappa shape index (κ3) is 7.03. The molecule has 0 spiro atoms. The van der Waals surface area contributed by atoms with E-state index in [4.69, 9.17) is 21.1 Å². The predicted octanol–water partition coefficient (Wildman–Crippen LogP) is 3.73. The van der Waals surface area contributed by atoms with Crippen LogP contribution in [0.25, 0.3) is 11.1 Å². The average Bonchev–Trinajstić information content (AvgIpc) is 3.33. The molecule has 0 aliphatic carbocycles. The van der Waals surface area contributed by atoms with Gasteiger partial charge in [-0.05, 0) is 36.3 Å². The van der Waals surface area contributed by atoms with E-state index in [0.29, 0.717) is 34.6 Å². The van der Waals surface area contributed by atoms with Crippen molar-refractivity contribution in [1.82, 2.24) is 20.8 Å². The molecule has 33 heavy (non-hydrogen) atoms. The molecule has 3 rings (SSSR count). The van der Waals surface area contributed by atoms with E-state index in [1.54, 1.807) is 24.3 Å². The summed E-state index contributed by atoms with van der Waals surface area (Å²) >= 11 is 7.51. The van der Waals surface area contributed by atoms with E-state index < -0.39 is 0 Å². The summed E-state index contributed by atoms with van der Waals surface area (Å²) in [5.74, 6) is 0.356. The Morgan fingerprint density at radius 1 is 1.06 bits per heavy atom. The maximum atomic E-state index is 12.4. The number of aromatic nitrogens is 2. The number of hydrogen-bond donors (Lipinski definition) is 2. The Kier molecular flexibility index (Phi) is 8.79. The number of hydrogen-bond acceptors (Lipinski definition) is 7. The van der Waals surface area contributed by atoms with Crippen LogP contribution in [-0.4, -0.2) is 42.3 Å². The summed E-state index contributed by atoms with van der Waals surface area (Å²) in [5, 5.41) is 14.4. The van der Waals surface area contributed by atoms with Gasteiger partial charge in [0.1, 0.15) is 0 Å². The zero-order valence-corrected chi connectivity index (χ0v) is 19.7. The topological polar surface area (TPSA) is 102 Å². The first-order valence-electron chi connectivity index (χ1n) is 10.1. The van der Waals surface area contributed by atoms with E-state index in [2.05, 4.69) is 20.8 Å². The number of methoxy groups -OCH3 is 1. The van der Waals surface area contributed by atoms with Crippen LogP contribution >= 0.6 is 22.9 Å². The fourth-order valence-corrected chi connectivity index (χ4v) is 3.71. The molecule has 172 valence electrons. The quantitative estimate of drug-likeness (QED) is 0.452. The first-order chi connectivity index (χ1) is 16.0. The number of nitrogens with one attached hydrogen (secondary N) is 2. The monoisotopic (exact) mass is 486 g/mol. The Morgan fingerprint density at radius 2 is 1.82 bits per heavy atom. The summed E-state index contributed by atoms with van der Waals surface area (Å²) in [7, 11) is 1.51. The van der Waals surface area contributed by atoms with E-state index in [9.17, 15) is 9.59 Å². The van der Waals surface area contributed by atoms with Gasteiger partial charge in [0, 0.05) is 13.1 Å². The van der Waals surface area contributed by atoms with Crippen molar-refractivity contribution >= 4 is 45.9 Å². The predicted molar refractivity (Wildman–Crippen MR) is 128 cm³/mol. The van der Waals surface area contributed by atoms with E-state index in [1.807, 2.05) is 37.3 Å². The van der Waals surface area contributed by atoms with E-state index in [1.165, 1.54) is 7.11 Å². The molecule has 0 unspecified atom stereocenters. The minimum atomic E-state index is -0.317. The Morgan fingerprint density at radius 3 is 2.55 bits per heavy atom. The van der Waals surface area contributed by atoms with Crippen LogP contribution in [-0.2, 0) is 11.3 Å². The van der Waals surface area contributed by atoms with Crippen LogP contribution in [0.2, 0.25) is 0 Å². The van der Waals surface area contributed by atoms with Crippen molar-refractivity contribution in [3.63, 3.8) is 0 Å². The Hall–Kier alpha value is -3.43. The molecule has 1 heterocycles. The third-order valence-electron chi connectivity index (χ3n) is 4.33. The van der Waals surface area contributed by atoms with Crippen LogP contribution in [0.15, 0.2) is 48.5 Å². The van der Waals surface area contributed by atoms with Gasteiger partial charge in [0.2, 0.25) is 5.01 Å². The number of carbonyl (C=O) groups excluding carboxylic acids is 2. The molecule has 0 saturated carbocycles. The van der Waals surface area contributed by atoms with Gasteiger partial charge in [0.25, 0.3) is 11.8 Å². The van der Waals surface area contributed by atoms with Crippen molar-refractivity contribution in [1.29, 1.82) is 0 Å². The molecular weight excluding hydrogens is 464 g/mol. The molecule has 0 radical (unpaired) electrons. The molecule has 10 heteroatoms. The number of ether oxygens (including phenoxy) is 2. The largest absolute Gasteiger partial charge is 0.493 e. The van der Waals surface area contributed by atoms with Crippen molar-refractivity contribution in [2.75, 3.05) is 20.3 Å². The number of nitrogens with zero attached hydrogens (tertiary/aromatic N) is 2. The number of benzene rings is 2. The maximum Gasteiger partial charge on any atom is 0.282 e. The van der Waals surface area contributed by atoms with Crippen LogP contribution in [0.4, 0.5) is 0 Å². The zero-order valence-electron chi connectivity index (χ0n) is 18.1. The molecular formula is C23H23ClN4O4S. The van der Waals surface area contributed by atoms with Crippen molar-refractivity contribution in [2.24, 2.45) is 0 Å². The molecule has 2 amide bonds. The molecule has 0 bridgehead atoms. The summed E-state index contributed by atoms with van der Waals surface area (Å²) in [6, 6.07) is 14.8. The van der Waals surface area contributed by atoms with Gasteiger partial charge in [-0.15, -0.1) is 10.2 Å². The highest BCUT2D eigenvalue weighted by molar-refractivity contribution is 7.15. The molecule has 3 aromatic rings. The number of carbonyl (C=O) groups is 2. The zero-order chi connectivity index (χ0) is 23.6. The number of halogens is 1. The minimum Gasteiger partial charge on any atom is -0.493 e. The van der Waals surface area contributed by atoms with Crippen LogP contribution < -0.4 is 20.1 Å². The highest BCUT2D eigenvalue weighted by Gasteiger charge is 2.15. The molecule has 0 fully saturated rings. The summed E-state index contributed by atoms with van der Waals surface area (Å²) in [4.78, 5) is 24.0. The van der Waals surface area contributed by atoms with E-state index in [-0.39, 0.29) is 23.4 Å². The first-order valence-corrected chi connectivity index (χ1v) is 11.3. The molecule has 0 aliphatic rings. The number of amides is 2. The second-order valence-electron chi connectivity index (χ2n) is 6.73. The summed E-state index contributed by atoms with van der Waals surface area (Å²) in [5.41, 5.74) is 1.72. The minimum absolute atomic E-state index is 0.111. The highest BCUT2D eigenvalue weighted by Crippen LogP contribution is 2.31. The Balaban J connectivity index is 1.65. The molecule has 2 aromatic carbocycles. The van der Waals surface area contributed by atoms with Gasteiger partial charge in [0.15, 0.2) is 23.1 Å². The van der Waals surface area contributed by atoms with Crippen molar-refractivity contribution in [2.45, 2.75) is 13.5 Å². The van der Waals surface area contributed by atoms with E-state index >= 15 is 0 Å². The number of likely N-dealkylation sites (N-methyl/N-ethyl adjacent to an activating group) is 1. The van der Waals surface area contributed by atoms with Crippen molar-refractivity contribution in [3.05, 3.63) is 69.7 Å². The summed E-state index contributed by atoms with van der Waals surface area (Å²) < 4.78 is 10.9. The maximum absolute atomic E-state index is 12.4.